The highest BCUT2D eigenvalue weighted by Crippen LogP contribution is 2.38. The molecule has 0 bridgehead atoms. The van der Waals surface area contributed by atoms with Crippen LogP contribution in [-0.2, 0) is 22.9 Å². The van der Waals surface area contributed by atoms with Crippen molar-refractivity contribution in [3.05, 3.63) is 104 Å². The minimum absolute atomic E-state index is 0.00337. The van der Waals surface area contributed by atoms with Gasteiger partial charge >= 0.3 is 6.18 Å². The second-order valence-corrected chi connectivity index (χ2v) is 8.98. The van der Waals surface area contributed by atoms with Crippen molar-refractivity contribution in [1.29, 1.82) is 0 Å². The van der Waals surface area contributed by atoms with Gasteiger partial charge in [0, 0.05) is 17.0 Å². The molecule has 1 saturated heterocycles. The number of rotatable bonds is 7. The van der Waals surface area contributed by atoms with Gasteiger partial charge in [0.05, 0.1) is 23.7 Å². The molecule has 0 aliphatic carbocycles. The van der Waals surface area contributed by atoms with E-state index in [0.717, 1.165) is 43.6 Å². The Hall–Kier alpha value is -3.23. The zero-order valence-corrected chi connectivity index (χ0v) is 19.3. The Morgan fingerprint density at radius 3 is 2.37 bits per heavy atom. The number of piperidine rings is 1. The minimum Gasteiger partial charge on any atom is -0.662 e. The first-order chi connectivity index (χ1) is 16.7. The standard InChI is InChI=1S/C27H26F3N2O3/c1-19-7-8-21(16-25(19)32(33)34)22-13-20(14-24(15-22)27(28,29)30)17-35-18-26(9-11-31-12-10-26)23-5-3-2-4-6-23/h2-8,13-16H,9-12,17-18H2,1H3/q-1. The van der Waals surface area contributed by atoms with E-state index in [9.17, 15) is 23.3 Å². The van der Waals surface area contributed by atoms with Crippen molar-refractivity contribution in [1.82, 2.24) is 0 Å². The van der Waals surface area contributed by atoms with Crippen LogP contribution in [0.2, 0.25) is 0 Å². The average Bonchev–Trinajstić information content (AvgIpc) is 2.84. The topological polar surface area (TPSA) is 66.5 Å². The Bertz CT molecular complexity index is 1190. The van der Waals surface area contributed by atoms with E-state index in [1.54, 1.807) is 25.1 Å². The molecule has 1 fully saturated rings. The number of hydrogen-bond donors (Lipinski definition) is 0. The molecule has 0 unspecified atom stereocenters. The van der Waals surface area contributed by atoms with Crippen molar-refractivity contribution >= 4 is 5.69 Å². The quantitative estimate of drug-likeness (QED) is 0.263. The van der Waals surface area contributed by atoms with Crippen LogP contribution < -0.4 is 0 Å². The number of benzene rings is 3. The number of ether oxygens (including phenoxy) is 1. The summed E-state index contributed by atoms with van der Waals surface area (Å²) in [5.41, 5.74) is 1.38. The third kappa shape index (κ3) is 5.71. The average molecular weight is 484 g/mol. The van der Waals surface area contributed by atoms with E-state index >= 15 is 0 Å². The van der Waals surface area contributed by atoms with Crippen molar-refractivity contribution in [2.45, 2.75) is 38.0 Å². The van der Waals surface area contributed by atoms with Crippen LogP contribution in [0.5, 0.6) is 0 Å². The van der Waals surface area contributed by atoms with E-state index in [1.165, 1.54) is 6.07 Å². The van der Waals surface area contributed by atoms with E-state index in [4.69, 9.17) is 4.74 Å². The first-order valence-corrected chi connectivity index (χ1v) is 11.4. The molecule has 0 aromatic heterocycles. The molecule has 0 spiro atoms. The normalized spacial score (nSPS) is 15.7. The lowest BCUT2D eigenvalue weighted by Crippen LogP contribution is -2.36. The Morgan fingerprint density at radius 1 is 1.00 bits per heavy atom. The molecule has 1 aliphatic rings. The summed E-state index contributed by atoms with van der Waals surface area (Å²) in [5, 5.41) is 15.8. The van der Waals surface area contributed by atoms with Crippen molar-refractivity contribution < 1.29 is 22.8 Å². The molecule has 184 valence electrons. The van der Waals surface area contributed by atoms with Crippen LogP contribution >= 0.6 is 0 Å². The fourth-order valence-electron chi connectivity index (χ4n) is 4.59. The van der Waals surface area contributed by atoms with Gasteiger partial charge < -0.3 is 10.1 Å². The fourth-order valence-corrected chi connectivity index (χ4v) is 4.59. The summed E-state index contributed by atoms with van der Waals surface area (Å²) in [6.07, 6.45) is -2.92. The summed E-state index contributed by atoms with van der Waals surface area (Å²) in [4.78, 5) is 10.8. The molecule has 0 atom stereocenters. The molecule has 1 aliphatic heterocycles. The highest BCUT2D eigenvalue weighted by atomic mass is 19.4. The highest BCUT2D eigenvalue weighted by molar-refractivity contribution is 5.69. The molecular weight excluding hydrogens is 457 g/mol. The minimum atomic E-state index is -4.56. The number of nitrogens with zero attached hydrogens (tertiary/aromatic N) is 2. The van der Waals surface area contributed by atoms with Gasteiger partial charge in [-0.1, -0.05) is 55.3 Å². The Balaban J connectivity index is 1.61. The molecule has 8 heteroatoms. The van der Waals surface area contributed by atoms with Crippen LogP contribution in [0.15, 0.2) is 66.7 Å². The van der Waals surface area contributed by atoms with Gasteiger partial charge in [-0.05, 0) is 47.4 Å². The predicted molar refractivity (Wildman–Crippen MR) is 128 cm³/mol. The van der Waals surface area contributed by atoms with Gasteiger partial charge in [0.2, 0.25) is 0 Å². The lowest BCUT2D eigenvalue weighted by molar-refractivity contribution is -0.385. The molecule has 1 heterocycles. The largest absolute Gasteiger partial charge is 0.662 e. The first-order valence-electron chi connectivity index (χ1n) is 11.4. The maximum absolute atomic E-state index is 13.7. The van der Waals surface area contributed by atoms with Gasteiger partial charge in [-0.25, -0.2) is 0 Å². The van der Waals surface area contributed by atoms with Gasteiger partial charge in [0.15, 0.2) is 0 Å². The van der Waals surface area contributed by atoms with E-state index < -0.39 is 16.7 Å². The lowest BCUT2D eigenvalue weighted by Gasteiger charge is -2.43. The van der Waals surface area contributed by atoms with Crippen molar-refractivity contribution in [3.8, 4) is 11.1 Å². The number of nitro groups is 1. The zero-order chi connectivity index (χ0) is 25.1. The molecular formula is C27H26F3N2O3-. The van der Waals surface area contributed by atoms with Crippen LogP contribution in [0.3, 0.4) is 0 Å². The summed E-state index contributed by atoms with van der Waals surface area (Å²) >= 11 is 0. The SMILES string of the molecule is Cc1ccc(-c2cc(COCC3(c4ccccc4)CC[N-]CC3)cc(C(F)(F)F)c2)cc1[N+](=O)[O-]. The summed E-state index contributed by atoms with van der Waals surface area (Å²) in [5.74, 6) is 0. The maximum Gasteiger partial charge on any atom is 0.416 e. The molecule has 3 aromatic carbocycles. The van der Waals surface area contributed by atoms with Gasteiger partial charge in [0.25, 0.3) is 5.69 Å². The molecule has 0 amide bonds. The Kier molecular flexibility index (Phi) is 7.23. The van der Waals surface area contributed by atoms with Gasteiger partial charge in [-0.2, -0.15) is 13.2 Å². The fraction of sp³-hybridized carbons (Fsp3) is 0.333. The number of aryl methyl sites for hydroxylation is 1. The summed E-state index contributed by atoms with van der Waals surface area (Å²) < 4.78 is 47.1. The van der Waals surface area contributed by atoms with Crippen LogP contribution in [0.4, 0.5) is 18.9 Å². The second kappa shape index (κ2) is 10.2. The van der Waals surface area contributed by atoms with E-state index in [1.807, 2.05) is 18.2 Å². The van der Waals surface area contributed by atoms with Crippen LogP contribution in [0, 0.1) is 17.0 Å². The number of halogens is 3. The van der Waals surface area contributed by atoms with Gasteiger partial charge in [0.1, 0.15) is 0 Å². The molecule has 4 rings (SSSR count). The van der Waals surface area contributed by atoms with Gasteiger partial charge in [-0.3, -0.25) is 10.1 Å². The smallest absolute Gasteiger partial charge is 0.416 e. The summed E-state index contributed by atoms with van der Waals surface area (Å²) in [6, 6.07) is 18.2. The summed E-state index contributed by atoms with van der Waals surface area (Å²) in [7, 11) is 0. The molecule has 0 saturated carbocycles. The number of hydrogen-bond acceptors (Lipinski definition) is 3. The molecule has 3 aromatic rings. The van der Waals surface area contributed by atoms with Crippen molar-refractivity contribution in [2.75, 3.05) is 19.7 Å². The number of nitro benzene ring substituents is 1. The van der Waals surface area contributed by atoms with Crippen LogP contribution in [0.25, 0.3) is 16.4 Å². The van der Waals surface area contributed by atoms with Crippen molar-refractivity contribution in [2.24, 2.45) is 0 Å². The number of alkyl halides is 3. The molecule has 0 N–H and O–H groups in total. The molecule has 0 radical (unpaired) electrons. The third-order valence-electron chi connectivity index (χ3n) is 6.59. The van der Waals surface area contributed by atoms with E-state index in [2.05, 4.69) is 17.4 Å². The maximum atomic E-state index is 13.7. The van der Waals surface area contributed by atoms with Crippen LogP contribution in [0.1, 0.15) is 35.1 Å². The molecule has 35 heavy (non-hydrogen) atoms. The predicted octanol–water partition coefficient (Wildman–Crippen LogP) is 7.21. The van der Waals surface area contributed by atoms with E-state index in [0.29, 0.717) is 23.3 Å². The van der Waals surface area contributed by atoms with Crippen molar-refractivity contribution in [3.63, 3.8) is 0 Å². The van der Waals surface area contributed by atoms with Gasteiger partial charge in [-0.15, -0.1) is 13.1 Å². The zero-order valence-electron chi connectivity index (χ0n) is 19.3. The van der Waals surface area contributed by atoms with E-state index in [-0.39, 0.29) is 23.3 Å². The highest BCUT2D eigenvalue weighted by Gasteiger charge is 2.33. The molecule has 5 nitrogen and oxygen atoms in total. The summed E-state index contributed by atoms with van der Waals surface area (Å²) in [6.45, 7) is 3.40. The van der Waals surface area contributed by atoms with Crippen LogP contribution in [-0.4, -0.2) is 24.6 Å². The first kappa shape index (κ1) is 24.9. The Labute approximate surface area is 202 Å². The monoisotopic (exact) mass is 483 g/mol. The second-order valence-electron chi connectivity index (χ2n) is 8.98. The third-order valence-corrected chi connectivity index (χ3v) is 6.59. The Morgan fingerprint density at radius 2 is 1.71 bits per heavy atom. The lowest BCUT2D eigenvalue weighted by atomic mass is 9.74.